The van der Waals surface area contributed by atoms with Crippen LogP contribution >= 0.6 is 11.6 Å². The lowest BCUT2D eigenvalue weighted by molar-refractivity contribution is -0.384. The predicted octanol–water partition coefficient (Wildman–Crippen LogP) is 5.04. The molecule has 0 radical (unpaired) electrons. The molecule has 0 bridgehead atoms. The second-order valence-corrected chi connectivity index (χ2v) is 5.64. The van der Waals surface area contributed by atoms with E-state index in [1.165, 1.54) is 17.2 Å². The van der Waals surface area contributed by atoms with Gasteiger partial charge in [-0.2, -0.15) is 0 Å². The summed E-state index contributed by atoms with van der Waals surface area (Å²) in [6, 6.07) is 10.9. The fourth-order valence-corrected chi connectivity index (χ4v) is 2.52. The number of rotatable bonds is 4. The van der Waals surface area contributed by atoms with Gasteiger partial charge in [-0.3, -0.25) is 10.1 Å². The van der Waals surface area contributed by atoms with Crippen molar-refractivity contribution in [1.29, 1.82) is 0 Å². The second kappa shape index (κ2) is 6.14. The van der Waals surface area contributed by atoms with E-state index < -0.39 is 4.92 Å². The van der Waals surface area contributed by atoms with E-state index in [-0.39, 0.29) is 11.7 Å². The second-order valence-electron chi connectivity index (χ2n) is 5.21. The first-order chi connectivity index (χ1) is 9.86. The van der Waals surface area contributed by atoms with Crippen LogP contribution in [0.25, 0.3) is 0 Å². The van der Waals surface area contributed by atoms with E-state index in [2.05, 4.69) is 23.5 Å². The Morgan fingerprint density at radius 2 is 1.76 bits per heavy atom. The molecular weight excluding hydrogens is 288 g/mol. The minimum atomic E-state index is -0.428. The predicted molar refractivity (Wildman–Crippen MR) is 86.1 cm³/mol. The zero-order valence-corrected chi connectivity index (χ0v) is 12.9. The van der Waals surface area contributed by atoms with Crippen molar-refractivity contribution in [2.75, 3.05) is 5.32 Å². The van der Waals surface area contributed by atoms with Gasteiger partial charge in [0, 0.05) is 17.1 Å². The highest BCUT2D eigenvalue weighted by Crippen LogP contribution is 2.31. The number of anilines is 1. The van der Waals surface area contributed by atoms with Crippen LogP contribution in [0.15, 0.2) is 36.4 Å². The fraction of sp³-hybridized carbons (Fsp3) is 0.250. The minimum absolute atomic E-state index is 0.0151. The van der Waals surface area contributed by atoms with Crippen molar-refractivity contribution in [3.63, 3.8) is 0 Å². The van der Waals surface area contributed by atoms with Crippen molar-refractivity contribution in [3.05, 3.63) is 68.2 Å². The topological polar surface area (TPSA) is 55.2 Å². The van der Waals surface area contributed by atoms with Gasteiger partial charge in [-0.05, 0) is 38.5 Å². The molecule has 0 aliphatic heterocycles. The third-order valence-corrected chi connectivity index (χ3v) is 3.51. The molecule has 110 valence electrons. The van der Waals surface area contributed by atoms with E-state index >= 15 is 0 Å². The summed E-state index contributed by atoms with van der Waals surface area (Å²) in [6.07, 6.45) is 0. The van der Waals surface area contributed by atoms with Crippen LogP contribution in [-0.2, 0) is 0 Å². The number of halogens is 1. The molecule has 2 aromatic carbocycles. The lowest BCUT2D eigenvalue weighted by Gasteiger charge is -2.17. The fourth-order valence-electron chi connectivity index (χ4n) is 2.35. The van der Waals surface area contributed by atoms with Gasteiger partial charge in [0.1, 0.15) is 5.69 Å². The normalized spacial score (nSPS) is 12.0. The third-order valence-electron chi connectivity index (χ3n) is 3.27. The van der Waals surface area contributed by atoms with Crippen LogP contribution in [0.4, 0.5) is 11.4 Å². The highest BCUT2D eigenvalue weighted by molar-refractivity contribution is 6.30. The van der Waals surface area contributed by atoms with Crippen LogP contribution in [0.5, 0.6) is 0 Å². The van der Waals surface area contributed by atoms with Crippen LogP contribution in [0, 0.1) is 24.0 Å². The number of nitro groups is 1. The molecule has 0 aliphatic rings. The highest BCUT2D eigenvalue weighted by Gasteiger charge is 2.16. The molecule has 4 nitrogen and oxygen atoms in total. The Morgan fingerprint density at radius 1 is 1.14 bits per heavy atom. The van der Waals surface area contributed by atoms with Crippen molar-refractivity contribution in [2.24, 2.45) is 0 Å². The van der Waals surface area contributed by atoms with Gasteiger partial charge in [0.2, 0.25) is 0 Å². The number of benzene rings is 2. The monoisotopic (exact) mass is 304 g/mol. The maximum Gasteiger partial charge on any atom is 0.293 e. The van der Waals surface area contributed by atoms with Crippen molar-refractivity contribution < 1.29 is 4.92 Å². The van der Waals surface area contributed by atoms with Crippen LogP contribution in [0.1, 0.15) is 29.7 Å². The quantitative estimate of drug-likeness (QED) is 0.636. The van der Waals surface area contributed by atoms with Gasteiger partial charge in [0.25, 0.3) is 5.69 Å². The zero-order valence-electron chi connectivity index (χ0n) is 12.2. The smallest absolute Gasteiger partial charge is 0.293 e. The van der Waals surface area contributed by atoms with Crippen LogP contribution in [-0.4, -0.2) is 4.92 Å². The van der Waals surface area contributed by atoms with Gasteiger partial charge in [-0.25, -0.2) is 0 Å². The van der Waals surface area contributed by atoms with Gasteiger partial charge in [0.15, 0.2) is 0 Å². The van der Waals surface area contributed by atoms with Gasteiger partial charge in [-0.15, -0.1) is 0 Å². The molecule has 5 heteroatoms. The first-order valence-electron chi connectivity index (χ1n) is 6.65. The summed E-state index contributed by atoms with van der Waals surface area (Å²) in [4.78, 5) is 10.7. The Morgan fingerprint density at radius 3 is 2.33 bits per heavy atom. The summed E-state index contributed by atoms with van der Waals surface area (Å²) < 4.78 is 0. The minimum Gasteiger partial charge on any atom is -0.373 e. The Balaban J connectivity index is 2.31. The third kappa shape index (κ3) is 3.73. The van der Waals surface area contributed by atoms with Crippen molar-refractivity contribution in [2.45, 2.75) is 26.8 Å². The Hall–Kier alpha value is -2.07. The van der Waals surface area contributed by atoms with Crippen molar-refractivity contribution in [3.8, 4) is 0 Å². The standard InChI is InChI=1S/C16H17ClN2O2/c1-10-6-11(2)8-13(7-10)12(3)18-15-5-4-14(17)9-16(15)19(20)21/h4-9,12,18H,1-3H3. The first-order valence-corrected chi connectivity index (χ1v) is 7.03. The molecule has 0 aliphatic carbocycles. The average Bonchev–Trinajstić information content (AvgIpc) is 2.39. The van der Waals surface area contributed by atoms with E-state index in [9.17, 15) is 10.1 Å². The molecule has 1 atom stereocenters. The molecule has 0 spiro atoms. The van der Waals surface area contributed by atoms with E-state index in [0.29, 0.717) is 10.7 Å². The summed E-state index contributed by atoms with van der Waals surface area (Å²) in [7, 11) is 0. The molecule has 0 saturated heterocycles. The number of hydrogen-bond acceptors (Lipinski definition) is 3. The van der Waals surface area contributed by atoms with Crippen LogP contribution in [0.2, 0.25) is 5.02 Å². The Bertz CT molecular complexity index is 666. The molecule has 1 N–H and O–H groups in total. The zero-order chi connectivity index (χ0) is 15.6. The summed E-state index contributed by atoms with van der Waals surface area (Å²) in [5.41, 5.74) is 3.89. The molecule has 21 heavy (non-hydrogen) atoms. The van der Waals surface area contributed by atoms with Gasteiger partial charge in [-0.1, -0.05) is 40.9 Å². The maximum absolute atomic E-state index is 11.1. The molecule has 0 fully saturated rings. The van der Waals surface area contributed by atoms with Gasteiger partial charge in [0.05, 0.1) is 4.92 Å². The Labute approximate surface area is 128 Å². The van der Waals surface area contributed by atoms with E-state index in [4.69, 9.17) is 11.6 Å². The number of nitrogens with one attached hydrogen (secondary N) is 1. The van der Waals surface area contributed by atoms with Crippen molar-refractivity contribution in [1.82, 2.24) is 0 Å². The number of nitrogens with zero attached hydrogens (tertiary/aromatic N) is 1. The van der Waals surface area contributed by atoms with Crippen LogP contribution in [0.3, 0.4) is 0 Å². The molecular formula is C16H17ClN2O2. The van der Waals surface area contributed by atoms with Crippen molar-refractivity contribution >= 4 is 23.0 Å². The average molecular weight is 305 g/mol. The highest BCUT2D eigenvalue weighted by atomic mass is 35.5. The van der Waals surface area contributed by atoms with E-state index in [1.807, 2.05) is 20.8 Å². The summed E-state index contributed by atoms with van der Waals surface area (Å²) in [5.74, 6) is 0. The molecule has 0 heterocycles. The van der Waals surface area contributed by atoms with Crippen LogP contribution < -0.4 is 5.32 Å². The Kier molecular flexibility index (Phi) is 4.48. The molecule has 2 aromatic rings. The van der Waals surface area contributed by atoms with E-state index in [0.717, 1.165) is 5.56 Å². The molecule has 0 amide bonds. The first kappa shape index (κ1) is 15.3. The summed E-state index contributed by atoms with van der Waals surface area (Å²) >= 11 is 5.82. The van der Waals surface area contributed by atoms with Gasteiger partial charge >= 0.3 is 0 Å². The SMILES string of the molecule is Cc1cc(C)cc(C(C)Nc2ccc(Cl)cc2[N+](=O)[O-])c1. The molecule has 0 saturated carbocycles. The number of nitro benzene ring substituents is 1. The largest absolute Gasteiger partial charge is 0.373 e. The lowest BCUT2D eigenvalue weighted by atomic mass is 10.0. The maximum atomic E-state index is 11.1. The lowest BCUT2D eigenvalue weighted by Crippen LogP contribution is -2.09. The summed E-state index contributed by atoms with van der Waals surface area (Å²) in [6.45, 7) is 6.05. The summed E-state index contributed by atoms with van der Waals surface area (Å²) in [5, 5.41) is 14.6. The molecule has 2 rings (SSSR count). The van der Waals surface area contributed by atoms with Gasteiger partial charge < -0.3 is 5.32 Å². The number of aryl methyl sites for hydroxylation is 2. The number of hydrogen-bond donors (Lipinski definition) is 1. The van der Waals surface area contributed by atoms with E-state index in [1.54, 1.807) is 12.1 Å². The molecule has 1 unspecified atom stereocenters. The molecule has 0 aromatic heterocycles.